The second kappa shape index (κ2) is 5.35. The predicted octanol–water partition coefficient (Wildman–Crippen LogP) is 1.28. The van der Waals surface area contributed by atoms with Gasteiger partial charge in [-0.2, -0.15) is 0 Å². The SMILES string of the molecule is CC(N)C(=O)NCC1CCCCC1C. The van der Waals surface area contributed by atoms with E-state index in [2.05, 4.69) is 12.2 Å². The molecule has 0 radical (unpaired) electrons. The molecule has 14 heavy (non-hydrogen) atoms. The molecule has 1 fully saturated rings. The van der Waals surface area contributed by atoms with Crippen LogP contribution in [0.15, 0.2) is 0 Å². The molecule has 3 unspecified atom stereocenters. The largest absolute Gasteiger partial charge is 0.354 e. The smallest absolute Gasteiger partial charge is 0.236 e. The van der Waals surface area contributed by atoms with Crippen LogP contribution in [-0.4, -0.2) is 18.5 Å². The van der Waals surface area contributed by atoms with Crippen molar-refractivity contribution in [1.82, 2.24) is 5.32 Å². The predicted molar refractivity (Wildman–Crippen MR) is 57.8 cm³/mol. The van der Waals surface area contributed by atoms with Gasteiger partial charge in [-0.1, -0.05) is 26.2 Å². The molecule has 3 atom stereocenters. The quantitative estimate of drug-likeness (QED) is 0.717. The van der Waals surface area contributed by atoms with Crippen LogP contribution in [0.25, 0.3) is 0 Å². The summed E-state index contributed by atoms with van der Waals surface area (Å²) in [4.78, 5) is 11.3. The summed E-state index contributed by atoms with van der Waals surface area (Å²) in [5, 5.41) is 2.92. The molecule has 1 aliphatic carbocycles. The van der Waals surface area contributed by atoms with Crippen LogP contribution in [0.1, 0.15) is 39.5 Å². The molecule has 1 rings (SSSR count). The summed E-state index contributed by atoms with van der Waals surface area (Å²) in [5.41, 5.74) is 5.47. The van der Waals surface area contributed by atoms with E-state index in [1.54, 1.807) is 6.92 Å². The number of nitrogens with two attached hydrogens (primary N) is 1. The second-order valence-electron chi connectivity index (χ2n) is 4.56. The van der Waals surface area contributed by atoms with Gasteiger partial charge in [-0.05, 0) is 25.2 Å². The molecule has 82 valence electrons. The van der Waals surface area contributed by atoms with Crippen LogP contribution >= 0.6 is 0 Å². The third-order valence-corrected chi connectivity index (χ3v) is 3.24. The van der Waals surface area contributed by atoms with Crippen molar-refractivity contribution in [3.8, 4) is 0 Å². The first-order chi connectivity index (χ1) is 6.61. The lowest BCUT2D eigenvalue weighted by molar-refractivity contribution is -0.122. The lowest BCUT2D eigenvalue weighted by Gasteiger charge is -2.29. The van der Waals surface area contributed by atoms with Gasteiger partial charge in [0.15, 0.2) is 0 Å². The second-order valence-corrected chi connectivity index (χ2v) is 4.56. The lowest BCUT2D eigenvalue weighted by Crippen LogP contribution is -2.41. The Hall–Kier alpha value is -0.570. The molecular formula is C11H22N2O. The molecule has 0 spiro atoms. The molecule has 3 N–H and O–H groups in total. The van der Waals surface area contributed by atoms with Crippen LogP contribution in [0.5, 0.6) is 0 Å². The van der Waals surface area contributed by atoms with Crippen molar-refractivity contribution < 1.29 is 4.79 Å². The third kappa shape index (κ3) is 3.29. The maximum Gasteiger partial charge on any atom is 0.236 e. The van der Waals surface area contributed by atoms with Crippen LogP contribution in [0.4, 0.5) is 0 Å². The van der Waals surface area contributed by atoms with Gasteiger partial charge in [0.05, 0.1) is 6.04 Å². The molecule has 0 saturated heterocycles. The summed E-state index contributed by atoms with van der Waals surface area (Å²) >= 11 is 0. The Balaban J connectivity index is 2.26. The van der Waals surface area contributed by atoms with E-state index in [4.69, 9.17) is 5.73 Å². The maximum absolute atomic E-state index is 11.3. The molecule has 3 heteroatoms. The topological polar surface area (TPSA) is 55.1 Å². The van der Waals surface area contributed by atoms with Crippen molar-refractivity contribution in [2.45, 2.75) is 45.6 Å². The summed E-state index contributed by atoms with van der Waals surface area (Å²) in [6.07, 6.45) is 5.21. The zero-order valence-electron chi connectivity index (χ0n) is 9.25. The van der Waals surface area contributed by atoms with Crippen LogP contribution in [-0.2, 0) is 4.79 Å². The van der Waals surface area contributed by atoms with Gasteiger partial charge in [0.25, 0.3) is 0 Å². The molecule has 0 aliphatic heterocycles. The van der Waals surface area contributed by atoms with E-state index in [1.165, 1.54) is 25.7 Å². The molecule has 0 aromatic carbocycles. The summed E-state index contributed by atoms with van der Waals surface area (Å²) in [7, 11) is 0. The van der Waals surface area contributed by atoms with Crippen molar-refractivity contribution in [3.05, 3.63) is 0 Å². The number of carbonyl (C=O) groups is 1. The average molecular weight is 198 g/mol. The Morgan fingerprint density at radius 1 is 1.50 bits per heavy atom. The minimum absolute atomic E-state index is 0.0252. The van der Waals surface area contributed by atoms with Crippen molar-refractivity contribution in [2.75, 3.05) is 6.54 Å². The number of amides is 1. The fourth-order valence-corrected chi connectivity index (χ4v) is 2.09. The highest BCUT2D eigenvalue weighted by Gasteiger charge is 2.21. The minimum Gasteiger partial charge on any atom is -0.354 e. The molecule has 1 aliphatic rings. The fraction of sp³-hybridized carbons (Fsp3) is 0.909. The number of nitrogens with one attached hydrogen (secondary N) is 1. The van der Waals surface area contributed by atoms with Gasteiger partial charge in [-0.15, -0.1) is 0 Å². The first kappa shape index (κ1) is 11.5. The highest BCUT2D eigenvalue weighted by atomic mass is 16.2. The third-order valence-electron chi connectivity index (χ3n) is 3.24. The van der Waals surface area contributed by atoms with E-state index in [-0.39, 0.29) is 11.9 Å². The van der Waals surface area contributed by atoms with Crippen LogP contribution in [0.3, 0.4) is 0 Å². The zero-order valence-corrected chi connectivity index (χ0v) is 9.25. The van der Waals surface area contributed by atoms with E-state index >= 15 is 0 Å². The van der Waals surface area contributed by atoms with Crippen molar-refractivity contribution in [3.63, 3.8) is 0 Å². The highest BCUT2D eigenvalue weighted by molar-refractivity contribution is 5.80. The highest BCUT2D eigenvalue weighted by Crippen LogP contribution is 2.28. The van der Waals surface area contributed by atoms with E-state index in [0.29, 0.717) is 5.92 Å². The van der Waals surface area contributed by atoms with E-state index in [1.807, 2.05) is 0 Å². The zero-order chi connectivity index (χ0) is 10.6. The minimum atomic E-state index is -0.381. The summed E-state index contributed by atoms with van der Waals surface area (Å²) < 4.78 is 0. The van der Waals surface area contributed by atoms with Gasteiger partial charge in [0.1, 0.15) is 0 Å². The monoisotopic (exact) mass is 198 g/mol. The molecule has 0 heterocycles. The lowest BCUT2D eigenvalue weighted by atomic mass is 9.80. The molecule has 3 nitrogen and oxygen atoms in total. The molecule has 1 saturated carbocycles. The van der Waals surface area contributed by atoms with Gasteiger partial charge in [-0.3, -0.25) is 4.79 Å². The van der Waals surface area contributed by atoms with E-state index in [9.17, 15) is 4.79 Å². The number of hydrogen-bond acceptors (Lipinski definition) is 2. The van der Waals surface area contributed by atoms with Crippen LogP contribution in [0, 0.1) is 11.8 Å². The van der Waals surface area contributed by atoms with Crippen molar-refractivity contribution in [1.29, 1.82) is 0 Å². The van der Waals surface area contributed by atoms with Gasteiger partial charge < -0.3 is 11.1 Å². The van der Waals surface area contributed by atoms with E-state index < -0.39 is 0 Å². The summed E-state index contributed by atoms with van der Waals surface area (Å²) in [5.74, 6) is 1.38. The first-order valence-electron chi connectivity index (χ1n) is 5.64. The van der Waals surface area contributed by atoms with Gasteiger partial charge >= 0.3 is 0 Å². The molecule has 1 amide bonds. The summed E-state index contributed by atoms with van der Waals surface area (Å²) in [6, 6.07) is -0.381. The van der Waals surface area contributed by atoms with Crippen molar-refractivity contribution in [2.24, 2.45) is 17.6 Å². The van der Waals surface area contributed by atoms with Crippen molar-refractivity contribution >= 4 is 5.91 Å². The molecular weight excluding hydrogens is 176 g/mol. The standard InChI is InChI=1S/C11H22N2O/c1-8-5-3-4-6-10(8)7-13-11(14)9(2)12/h8-10H,3-7,12H2,1-2H3,(H,13,14). The number of hydrogen-bond donors (Lipinski definition) is 2. The Bertz CT molecular complexity index is 192. The van der Waals surface area contributed by atoms with Crippen LogP contribution in [0.2, 0.25) is 0 Å². The maximum atomic E-state index is 11.3. The number of rotatable bonds is 3. The first-order valence-corrected chi connectivity index (χ1v) is 5.64. The molecule has 0 aromatic rings. The molecule has 0 aromatic heterocycles. The Morgan fingerprint density at radius 2 is 2.14 bits per heavy atom. The Labute approximate surface area is 86.4 Å². The fourth-order valence-electron chi connectivity index (χ4n) is 2.09. The van der Waals surface area contributed by atoms with Gasteiger partial charge in [0, 0.05) is 6.54 Å². The normalized spacial score (nSPS) is 29.6. The Kier molecular flexibility index (Phi) is 4.39. The average Bonchev–Trinajstić information content (AvgIpc) is 2.16. The van der Waals surface area contributed by atoms with Gasteiger partial charge in [-0.25, -0.2) is 0 Å². The Morgan fingerprint density at radius 3 is 2.71 bits per heavy atom. The van der Waals surface area contributed by atoms with Crippen LogP contribution < -0.4 is 11.1 Å². The van der Waals surface area contributed by atoms with E-state index in [0.717, 1.165) is 12.5 Å². The van der Waals surface area contributed by atoms with Gasteiger partial charge in [0.2, 0.25) is 5.91 Å². The number of carbonyl (C=O) groups excluding carboxylic acids is 1. The molecule has 0 bridgehead atoms. The summed E-state index contributed by atoms with van der Waals surface area (Å²) in [6.45, 7) is 4.81.